The quantitative estimate of drug-likeness (QED) is 0.557. The molecule has 0 aliphatic carbocycles. The summed E-state index contributed by atoms with van der Waals surface area (Å²) in [6.45, 7) is 7.33. The Morgan fingerprint density at radius 1 is 1.00 bits per heavy atom. The van der Waals surface area contributed by atoms with E-state index in [0.717, 1.165) is 24.8 Å². The van der Waals surface area contributed by atoms with Crippen molar-refractivity contribution in [3.8, 4) is 0 Å². The molecule has 7 heteroatoms. The Morgan fingerprint density at radius 3 is 2.29 bits per heavy atom. The van der Waals surface area contributed by atoms with Gasteiger partial charge in [0.15, 0.2) is 18.2 Å². The lowest BCUT2D eigenvalue weighted by atomic mass is 9.86. The van der Waals surface area contributed by atoms with E-state index < -0.39 is 18.1 Å². The first-order chi connectivity index (χ1) is 16.1. The number of amides is 1. The van der Waals surface area contributed by atoms with Gasteiger partial charge in [0.25, 0.3) is 0 Å². The molecule has 1 N–H and O–H groups in total. The molecule has 2 fully saturated rings. The van der Waals surface area contributed by atoms with Crippen molar-refractivity contribution in [2.45, 2.75) is 96.8 Å². The fourth-order valence-corrected chi connectivity index (χ4v) is 5.12. The van der Waals surface area contributed by atoms with Gasteiger partial charge in [-0.1, -0.05) is 51.1 Å². The number of Topliss-reactive ketones (excluding diaryl/α,β-unsaturated/α-hetero) is 2. The Hall–Kier alpha value is -2.54. The van der Waals surface area contributed by atoms with Crippen molar-refractivity contribution in [2.75, 3.05) is 6.61 Å². The van der Waals surface area contributed by atoms with Crippen molar-refractivity contribution < 1.29 is 23.9 Å². The van der Waals surface area contributed by atoms with Crippen LogP contribution in [0.25, 0.3) is 0 Å². The van der Waals surface area contributed by atoms with Crippen LogP contribution >= 0.6 is 0 Å². The predicted molar refractivity (Wildman–Crippen MR) is 129 cm³/mol. The maximum absolute atomic E-state index is 13.5. The number of nitrogens with one attached hydrogen (secondary N) is 1. The minimum atomic E-state index is -0.725. The van der Waals surface area contributed by atoms with Gasteiger partial charge in [0, 0.05) is 19.4 Å². The van der Waals surface area contributed by atoms with Crippen molar-refractivity contribution in [1.82, 2.24) is 10.2 Å². The number of benzene rings is 1. The molecule has 0 bridgehead atoms. The monoisotopic (exact) mass is 470 g/mol. The van der Waals surface area contributed by atoms with E-state index in [1.165, 1.54) is 11.8 Å². The minimum Gasteiger partial charge on any atom is -0.458 e. The van der Waals surface area contributed by atoms with Gasteiger partial charge >= 0.3 is 5.97 Å². The normalized spacial score (nSPS) is 24.8. The maximum atomic E-state index is 13.5. The maximum Gasteiger partial charge on any atom is 0.303 e. The summed E-state index contributed by atoms with van der Waals surface area (Å²) < 4.78 is 4.91. The summed E-state index contributed by atoms with van der Waals surface area (Å²) >= 11 is 0. The summed E-state index contributed by atoms with van der Waals surface area (Å²) in [5.41, 5.74) is 1.19. The van der Waals surface area contributed by atoms with Crippen LogP contribution in [0.5, 0.6) is 0 Å². The highest BCUT2D eigenvalue weighted by atomic mass is 16.5. The summed E-state index contributed by atoms with van der Waals surface area (Å²) in [6.07, 6.45) is 4.17. The summed E-state index contributed by atoms with van der Waals surface area (Å²) in [7, 11) is 0. The van der Waals surface area contributed by atoms with Gasteiger partial charge in [0.05, 0.1) is 18.1 Å². The van der Waals surface area contributed by atoms with Crippen LogP contribution in [-0.4, -0.2) is 59.1 Å². The van der Waals surface area contributed by atoms with Gasteiger partial charge in [-0.3, -0.25) is 19.2 Å². The van der Waals surface area contributed by atoms with Crippen LogP contribution < -0.4 is 5.32 Å². The van der Waals surface area contributed by atoms with E-state index in [9.17, 15) is 19.2 Å². The molecule has 2 aliphatic rings. The van der Waals surface area contributed by atoms with Crippen molar-refractivity contribution in [3.05, 3.63) is 35.9 Å². The van der Waals surface area contributed by atoms with Crippen molar-refractivity contribution in [3.63, 3.8) is 0 Å². The molecule has 0 radical (unpaired) electrons. The second-order valence-electron chi connectivity index (χ2n) is 10.6. The lowest BCUT2D eigenvalue weighted by molar-refractivity contribution is -0.150. The van der Waals surface area contributed by atoms with E-state index in [4.69, 9.17) is 4.74 Å². The topological polar surface area (TPSA) is 92.8 Å². The first kappa shape index (κ1) is 26.1. The van der Waals surface area contributed by atoms with E-state index >= 15 is 0 Å². The van der Waals surface area contributed by atoms with Gasteiger partial charge in [-0.25, -0.2) is 0 Å². The molecule has 186 valence electrons. The predicted octanol–water partition coefficient (Wildman–Crippen LogP) is 3.24. The number of rotatable bonds is 9. The molecule has 2 saturated heterocycles. The molecule has 1 amide bonds. The van der Waals surface area contributed by atoms with Crippen LogP contribution in [0.15, 0.2) is 30.3 Å². The van der Waals surface area contributed by atoms with E-state index in [2.05, 4.69) is 26.1 Å². The number of esters is 1. The highest BCUT2D eigenvalue weighted by Crippen LogP contribution is 2.33. The van der Waals surface area contributed by atoms with Gasteiger partial charge < -0.3 is 15.0 Å². The van der Waals surface area contributed by atoms with E-state index in [-0.39, 0.29) is 48.0 Å². The summed E-state index contributed by atoms with van der Waals surface area (Å²) in [5.74, 6) is -1.05. The van der Waals surface area contributed by atoms with Crippen LogP contribution in [0.4, 0.5) is 0 Å². The third kappa shape index (κ3) is 6.53. The summed E-state index contributed by atoms with van der Waals surface area (Å²) in [4.78, 5) is 52.4. The number of ketones is 2. The zero-order valence-electron chi connectivity index (χ0n) is 20.8. The second kappa shape index (κ2) is 11.3. The fraction of sp³-hybridized carbons (Fsp3) is 0.630. The third-order valence-corrected chi connectivity index (χ3v) is 7.02. The SMILES string of the molecule is CC(=O)OCC(=O)[C@H]1CC[C@@H](C(=O)[C@@H]2CCC(C(C)(C)C)N2)N1C(=O)CCCc1ccccc1. The van der Waals surface area contributed by atoms with Gasteiger partial charge in [-0.05, 0) is 49.5 Å². The zero-order valence-corrected chi connectivity index (χ0v) is 20.8. The number of hydrogen-bond donors (Lipinski definition) is 1. The van der Waals surface area contributed by atoms with Gasteiger partial charge in [-0.15, -0.1) is 0 Å². The number of aryl methyl sites for hydroxylation is 1. The number of carbonyl (C=O) groups excluding carboxylic acids is 4. The highest BCUT2D eigenvalue weighted by molar-refractivity contribution is 5.98. The first-order valence-corrected chi connectivity index (χ1v) is 12.4. The Bertz CT molecular complexity index is 892. The average Bonchev–Trinajstić information content (AvgIpc) is 3.45. The highest BCUT2D eigenvalue weighted by Gasteiger charge is 2.47. The van der Waals surface area contributed by atoms with E-state index in [1.54, 1.807) is 0 Å². The molecule has 1 unspecified atom stereocenters. The number of ether oxygens (including phenoxy) is 1. The lowest BCUT2D eigenvalue weighted by Crippen LogP contribution is -2.53. The smallest absolute Gasteiger partial charge is 0.303 e. The molecule has 0 aromatic heterocycles. The molecule has 4 atom stereocenters. The molecule has 2 heterocycles. The summed E-state index contributed by atoms with van der Waals surface area (Å²) in [6, 6.07) is 8.52. The zero-order chi connectivity index (χ0) is 24.9. The van der Waals surface area contributed by atoms with Gasteiger partial charge in [0.2, 0.25) is 5.91 Å². The van der Waals surface area contributed by atoms with Crippen molar-refractivity contribution >= 4 is 23.4 Å². The Balaban J connectivity index is 1.70. The Morgan fingerprint density at radius 2 is 1.68 bits per heavy atom. The minimum absolute atomic E-state index is 0.00838. The summed E-state index contributed by atoms with van der Waals surface area (Å²) in [5, 5.41) is 3.47. The van der Waals surface area contributed by atoms with Crippen LogP contribution in [-0.2, 0) is 30.3 Å². The molecule has 3 rings (SSSR count). The van der Waals surface area contributed by atoms with Crippen LogP contribution in [0.2, 0.25) is 0 Å². The number of nitrogens with zero attached hydrogens (tertiary/aromatic N) is 1. The van der Waals surface area contributed by atoms with Crippen LogP contribution in [0, 0.1) is 5.41 Å². The van der Waals surface area contributed by atoms with Gasteiger partial charge in [0.1, 0.15) is 0 Å². The molecule has 7 nitrogen and oxygen atoms in total. The third-order valence-electron chi connectivity index (χ3n) is 7.02. The molecule has 1 aromatic rings. The largest absolute Gasteiger partial charge is 0.458 e. The molecule has 34 heavy (non-hydrogen) atoms. The molecule has 0 saturated carbocycles. The molecular weight excluding hydrogens is 432 g/mol. The Labute approximate surface area is 202 Å². The van der Waals surface area contributed by atoms with Crippen LogP contribution in [0.3, 0.4) is 0 Å². The van der Waals surface area contributed by atoms with Crippen LogP contribution in [0.1, 0.15) is 71.8 Å². The van der Waals surface area contributed by atoms with E-state index in [0.29, 0.717) is 19.3 Å². The van der Waals surface area contributed by atoms with E-state index in [1.807, 2.05) is 30.3 Å². The molecular formula is C27H38N2O5. The van der Waals surface area contributed by atoms with Crippen molar-refractivity contribution in [1.29, 1.82) is 0 Å². The Kier molecular flexibility index (Phi) is 8.63. The molecule has 1 aromatic carbocycles. The standard InChI is InChI=1S/C27H38N2O5/c1-18(30)34-17-23(31)21-14-15-22(26(33)20-13-16-24(28-20)27(2,3)4)29(21)25(32)12-8-11-19-9-6-5-7-10-19/h5-7,9-10,20-22,24,28H,8,11-17H2,1-4H3/t20-,21+,22-,24?/m0/s1. The van der Waals surface area contributed by atoms with Gasteiger partial charge in [-0.2, -0.15) is 0 Å². The number of hydrogen-bond acceptors (Lipinski definition) is 6. The fourth-order valence-electron chi connectivity index (χ4n) is 5.12. The van der Waals surface area contributed by atoms with Crippen molar-refractivity contribution in [2.24, 2.45) is 5.41 Å². The molecule has 0 spiro atoms. The number of carbonyl (C=O) groups is 4. The number of likely N-dealkylation sites (tertiary alicyclic amines) is 1. The lowest BCUT2D eigenvalue weighted by Gasteiger charge is -2.31. The molecule has 2 aliphatic heterocycles. The first-order valence-electron chi connectivity index (χ1n) is 12.4. The second-order valence-corrected chi connectivity index (χ2v) is 10.6. The average molecular weight is 471 g/mol.